The van der Waals surface area contributed by atoms with Gasteiger partial charge in [0.05, 0.1) is 0 Å². The lowest BCUT2D eigenvalue weighted by atomic mass is 10.1. The van der Waals surface area contributed by atoms with Gasteiger partial charge in [0.2, 0.25) is 0 Å². The molecule has 0 saturated heterocycles. The third-order valence-corrected chi connectivity index (χ3v) is 2.85. The summed E-state index contributed by atoms with van der Waals surface area (Å²) in [7, 11) is 0. The molecular formula is C12H16O2. The molecule has 0 saturated carbocycles. The van der Waals surface area contributed by atoms with Crippen molar-refractivity contribution < 1.29 is 9.53 Å². The lowest BCUT2D eigenvalue weighted by Crippen LogP contribution is -1.98. The molecule has 0 aromatic carbocycles. The number of esters is 1. The molecule has 2 aliphatic rings. The number of ether oxygens (including phenoxy) is 1. The highest BCUT2D eigenvalue weighted by Crippen LogP contribution is 2.38. The van der Waals surface area contributed by atoms with Crippen LogP contribution in [0.4, 0.5) is 0 Å². The van der Waals surface area contributed by atoms with Crippen molar-refractivity contribution in [2.75, 3.05) is 0 Å². The van der Waals surface area contributed by atoms with Gasteiger partial charge in [0.25, 0.3) is 0 Å². The van der Waals surface area contributed by atoms with Crippen molar-refractivity contribution in [2.45, 2.75) is 45.4 Å². The molecule has 2 rings (SSSR count). The molecule has 0 N–H and O–H groups in total. The van der Waals surface area contributed by atoms with Crippen LogP contribution in [0.1, 0.15) is 45.4 Å². The minimum absolute atomic E-state index is 0.0970. The summed E-state index contributed by atoms with van der Waals surface area (Å²) in [4.78, 5) is 11.4. The Kier molecular flexibility index (Phi) is 2.71. The van der Waals surface area contributed by atoms with Crippen LogP contribution in [0.3, 0.4) is 0 Å². The molecule has 76 valence electrons. The largest absolute Gasteiger partial charge is 0.423 e. The Labute approximate surface area is 84.6 Å². The van der Waals surface area contributed by atoms with Crippen LogP contribution in [0.25, 0.3) is 0 Å². The van der Waals surface area contributed by atoms with Gasteiger partial charge in [0.15, 0.2) is 0 Å². The van der Waals surface area contributed by atoms with Crippen molar-refractivity contribution in [3.63, 3.8) is 0 Å². The van der Waals surface area contributed by atoms with E-state index in [0.717, 1.165) is 37.0 Å². The van der Waals surface area contributed by atoms with Gasteiger partial charge in [0.1, 0.15) is 5.76 Å². The maximum Gasteiger partial charge on any atom is 0.339 e. The molecule has 0 spiro atoms. The van der Waals surface area contributed by atoms with Gasteiger partial charge in [-0.15, -0.1) is 0 Å². The molecule has 0 atom stereocenters. The second kappa shape index (κ2) is 3.99. The average molecular weight is 192 g/mol. The summed E-state index contributed by atoms with van der Waals surface area (Å²) in [6.45, 7) is 2.17. The molecule has 0 unspecified atom stereocenters. The first-order valence-corrected chi connectivity index (χ1v) is 5.47. The van der Waals surface area contributed by atoms with E-state index in [0.29, 0.717) is 0 Å². The van der Waals surface area contributed by atoms with Gasteiger partial charge in [-0.2, -0.15) is 0 Å². The fourth-order valence-corrected chi connectivity index (χ4v) is 2.07. The molecule has 0 aromatic heterocycles. The van der Waals surface area contributed by atoms with Crippen molar-refractivity contribution in [3.05, 3.63) is 23.0 Å². The Hall–Kier alpha value is -1.05. The van der Waals surface area contributed by atoms with E-state index >= 15 is 0 Å². The Morgan fingerprint density at radius 2 is 2.14 bits per heavy atom. The second-order valence-electron chi connectivity index (χ2n) is 3.91. The summed E-state index contributed by atoms with van der Waals surface area (Å²) in [6.07, 6.45) is 8.52. The van der Waals surface area contributed by atoms with Crippen LogP contribution >= 0.6 is 0 Å². The number of rotatable bonds is 3. The molecule has 0 bridgehead atoms. The van der Waals surface area contributed by atoms with Gasteiger partial charge in [-0.3, -0.25) is 0 Å². The van der Waals surface area contributed by atoms with Gasteiger partial charge in [-0.25, -0.2) is 4.79 Å². The van der Waals surface area contributed by atoms with Crippen molar-refractivity contribution in [1.82, 2.24) is 0 Å². The molecule has 0 fully saturated rings. The molecule has 1 aliphatic carbocycles. The highest BCUT2D eigenvalue weighted by Gasteiger charge is 2.32. The summed E-state index contributed by atoms with van der Waals surface area (Å²) in [5.74, 6) is 0.760. The molecule has 2 heteroatoms. The van der Waals surface area contributed by atoms with E-state index in [4.69, 9.17) is 4.74 Å². The number of hydrogen-bond acceptors (Lipinski definition) is 2. The molecule has 0 radical (unpaired) electrons. The average Bonchev–Trinajstić information content (AvgIpc) is 2.72. The first-order valence-electron chi connectivity index (χ1n) is 5.47. The Morgan fingerprint density at radius 3 is 2.93 bits per heavy atom. The van der Waals surface area contributed by atoms with Crippen LogP contribution in [0.15, 0.2) is 23.0 Å². The Balaban J connectivity index is 2.08. The summed E-state index contributed by atoms with van der Waals surface area (Å²) < 4.78 is 5.22. The first kappa shape index (κ1) is 9.50. The van der Waals surface area contributed by atoms with Crippen molar-refractivity contribution >= 4 is 5.97 Å². The lowest BCUT2D eigenvalue weighted by molar-refractivity contribution is -0.133. The number of cyclic esters (lactones) is 1. The second-order valence-corrected chi connectivity index (χ2v) is 3.91. The summed E-state index contributed by atoms with van der Waals surface area (Å²) >= 11 is 0. The minimum atomic E-state index is -0.0970. The standard InChI is InChI=1S/C12H16O2/c1-2-3-4-8-11-9-6-5-7-10(9)12(13)14-11/h8H,2-7H2,1H3/b11-8-. The van der Waals surface area contributed by atoms with Crippen LogP contribution < -0.4 is 0 Å². The van der Waals surface area contributed by atoms with E-state index in [2.05, 4.69) is 13.0 Å². The van der Waals surface area contributed by atoms with Crippen LogP contribution in [-0.4, -0.2) is 5.97 Å². The molecule has 0 amide bonds. The number of carbonyl (C=O) groups is 1. The van der Waals surface area contributed by atoms with E-state index in [1.54, 1.807) is 0 Å². The molecule has 1 aliphatic heterocycles. The van der Waals surface area contributed by atoms with E-state index in [1.807, 2.05) is 0 Å². The molecule has 14 heavy (non-hydrogen) atoms. The van der Waals surface area contributed by atoms with Gasteiger partial charge in [-0.05, 0) is 38.2 Å². The van der Waals surface area contributed by atoms with Crippen LogP contribution in [0, 0.1) is 0 Å². The fraction of sp³-hybridized carbons (Fsp3) is 0.583. The number of unbranched alkanes of at least 4 members (excludes halogenated alkanes) is 2. The van der Waals surface area contributed by atoms with Crippen molar-refractivity contribution in [1.29, 1.82) is 0 Å². The fourth-order valence-electron chi connectivity index (χ4n) is 2.07. The first-order chi connectivity index (χ1) is 6.83. The smallest absolute Gasteiger partial charge is 0.339 e. The Morgan fingerprint density at radius 1 is 1.36 bits per heavy atom. The number of allylic oxidation sites excluding steroid dienone is 2. The van der Waals surface area contributed by atoms with Crippen LogP contribution in [0.2, 0.25) is 0 Å². The van der Waals surface area contributed by atoms with E-state index < -0.39 is 0 Å². The minimum Gasteiger partial charge on any atom is -0.423 e. The van der Waals surface area contributed by atoms with Crippen molar-refractivity contribution in [3.8, 4) is 0 Å². The predicted octanol–water partition coefficient (Wildman–Crippen LogP) is 3.10. The van der Waals surface area contributed by atoms with Crippen LogP contribution in [-0.2, 0) is 9.53 Å². The zero-order chi connectivity index (χ0) is 9.97. The maximum absolute atomic E-state index is 11.4. The molecule has 2 nitrogen and oxygen atoms in total. The predicted molar refractivity (Wildman–Crippen MR) is 54.6 cm³/mol. The van der Waals surface area contributed by atoms with Gasteiger partial charge >= 0.3 is 5.97 Å². The summed E-state index contributed by atoms with van der Waals surface area (Å²) in [6, 6.07) is 0. The zero-order valence-electron chi connectivity index (χ0n) is 8.64. The summed E-state index contributed by atoms with van der Waals surface area (Å²) in [5, 5.41) is 0. The van der Waals surface area contributed by atoms with E-state index in [-0.39, 0.29) is 5.97 Å². The highest BCUT2D eigenvalue weighted by molar-refractivity contribution is 5.95. The lowest BCUT2D eigenvalue weighted by Gasteiger charge is -2.01. The summed E-state index contributed by atoms with van der Waals surface area (Å²) in [5.41, 5.74) is 2.12. The number of carbonyl (C=O) groups excluding carboxylic acids is 1. The topological polar surface area (TPSA) is 26.3 Å². The van der Waals surface area contributed by atoms with Gasteiger partial charge in [0, 0.05) is 11.1 Å². The normalized spacial score (nSPS) is 23.2. The van der Waals surface area contributed by atoms with Crippen LogP contribution in [0.5, 0.6) is 0 Å². The quantitative estimate of drug-likeness (QED) is 0.507. The maximum atomic E-state index is 11.4. The van der Waals surface area contributed by atoms with Crippen molar-refractivity contribution in [2.24, 2.45) is 0 Å². The SMILES string of the molecule is CCCC/C=C1\OC(=O)C2=C1CCC2. The third-order valence-electron chi connectivity index (χ3n) is 2.85. The molecule has 0 aromatic rings. The van der Waals surface area contributed by atoms with Gasteiger partial charge < -0.3 is 4.74 Å². The van der Waals surface area contributed by atoms with E-state index in [9.17, 15) is 4.79 Å². The molecular weight excluding hydrogens is 176 g/mol. The number of hydrogen-bond donors (Lipinski definition) is 0. The Bertz CT molecular complexity index is 310. The zero-order valence-corrected chi connectivity index (χ0v) is 8.64. The van der Waals surface area contributed by atoms with Gasteiger partial charge in [-0.1, -0.05) is 13.3 Å². The monoisotopic (exact) mass is 192 g/mol. The van der Waals surface area contributed by atoms with E-state index in [1.165, 1.54) is 18.4 Å². The third kappa shape index (κ3) is 1.61. The highest BCUT2D eigenvalue weighted by atomic mass is 16.5. The molecule has 1 heterocycles.